The van der Waals surface area contributed by atoms with E-state index in [0.29, 0.717) is 0 Å². The maximum Gasteiger partial charge on any atom is 0.122 e. The van der Waals surface area contributed by atoms with Gasteiger partial charge in [-0.2, -0.15) is 0 Å². The van der Waals surface area contributed by atoms with Crippen molar-refractivity contribution in [1.82, 2.24) is 4.90 Å². The highest BCUT2D eigenvalue weighted by molar-refractivity contribution is 6.75. The van der Waals surface area contributed by atoms with Crippen LogP contribution in [0.25, 0.3) is 11.1 Å². The Bertz CT molecular complexity index is 733. The van der Waals surface area contributed by atoms with Crippen LogP contribution in [0.2, 0.25) is 19.6 Å². The van der Waals surface area contributed by atoms with Gasteiger partial charge in [-0.1, -0.05) is 50.0 Å². The lowest BCUT2D eigenvalue weighted by Gasteiger charge is -2.26. The van der Waals surface area contributed by atoms with E-state index in [9.17, 15) is 0 Å². The van der Waals surface area contributed by atoms with Crippen LogP contribution in [-0.2, 0) is 19.0 Å². The van der Waals surface area contributed by atoms with Gasteiger partial charge in [0.15, 0.2) is 0 Å². The fourth-order valence-electron chi connectivity index (χ4n) is 3.64. The molecule has 2 nitrogen and oxygen atoms in total. The Morgan fingerprint density at radius 1 is 1.04 bits per heavy atom. The van der Waals surface area contributed by atoms with E-state index in [0.717, 1.165) is 31.3 Å². The van der Waals surface area contributed by atoms with E-state index in [4.69, 9.17) is 4.74 Å². The third-order valence-corrected chi connectivity index (χ3v) is 6.18. The van der Waals surface area contributed by atoms with Gasteiger partial charge in [-0.25, -0.2) is 0 Å². The molecular weight excluding hydrogens is 310 g/mol. The van der Waals surface area contributed by atoms with Crippen LogP contribution >= 0.6 is 0 Å². The number of hydrogen-bond donors (Lipinski definition) is 0. The Labute approximate surface area is 147 Å². The van der Waals surface area contributed by atoms with Gasteiger partial charge in [0, 0.05) is 21.2 Å². The number of nitrogens with zero attached hydrogens (tertiary/aromatic N) is 1. The van der Waals surface area contributed by atoms with Crippen LogP contribution in [0.1, 0.15) is 16.7 Å². The molecule has 1 aliphatic rings. The molecule has 1 heterocycles. The molecule has 0 N–H and O–H groups in total. The quantitative estimate of drug-likeness (QED) is 0.747. The van der Waals surface area contributed by atoms with Crippen molar-refractivity contribution in [2.75, 3.05) is 20.7 Å². The van der Waals surface area contributed by atoms with Crippen molar-refractivity contribution in [3.63, 3.8) is 0 Å². The molecule has 3 heteroatoms. The van der Waals surface area contributed by atoms with E-state index < -0.39 is 8.07 Å². The number of benzene rings is 2. The van der Waals surface area contributed by atoms with Gasteiger partial charge in [-0.3, -0.25) is 0 Å². The number of rotatable bonds is 3. The molecule has 1 aliphatic heterocycles. The Hall–Kier alpha value is -1.58. The lowest BCUT2D eigenvalue weighted by molar-refractivity contribution is 0.329. The highest BCUT2D eigenvalue weighted by Gasteiger charge is 2.21. The Kier molecular flexibility index (Phi) is 4.84. The minimum Gasteiger partial charge on any atom is -0.496 e. The first-order valence-corrected chi connectivity index (χ1v) is 12.5. The summed E-state index contributed by atoms with van der Waals surface area (Å²) < 4.78 is 5.78. The van der Waals surface area contributed by atoms with Gasteiger partial charge in [0.2, 0.25) is 0 Å². The van der Waals surface area contributed by atoms with Crippen LogP contribution in [0.3, 0.4) is 0 Å². The van der Waals surface area contributed by atoms with Gasteiger partial charge in [0.25, 0.3) is 0 Å². The lowest BCUT2D eigenvalue weighted by atomic mass is 9.90. The van der Waals surface area contributed by atoms with Crippen LogP contribution in [-0.4, -0.2) is 33.7 Å². The van der Waals surface area contributed by atoms with Crippen molar-refractivity contribution in [2.45, 2.75) is 38.7 Å². The molecule has 0 fully saturated rings. The number of fused-ring (bicyclic) bond motifs is 3. The molecule has 24 heavy (non-hydrogen) atoms. The summed E-state index contributed by atoms with van der Waals surface area (Å²) in [4.78, 5) is 2.43. The largest absolute Gasteiger partial charge is 0.496 e. The number of ether oxygens (including phenoxy) is 1. The second-order valence-corrected chi connectivity index (χ2v) is 13.7. The molecule has 0 spiro atoms. The predicted octanol–water partition coefficient (Wildman–Crippen LogP) is 4.77. The monoisotopic (exact) mass is 339 g/mol. The molecule has 0 saturated carbocycles. The van der Waals surface area contributed by atoms with Crippen molar-refractivity contribution in [1.29, 1.82) is 0 Å². The molecule has 0 saturated heterocycles. The SMILES string of the molecule is COc1cc2c(cc1C[Si](C)(C)C)CN(C)CCc1ccccc1-2. The van der Waals surface area contributed by atoms with Crippen LogP contribution < -0.4 is 4.74 Å². The molecule has 0 radical (unpaired) electrons. The first-order valence-electron chi connectivity index (χ1n) is 8.84. The maximum absolute atomic E-state index is 5.78. The zero-order valence-electron chi connectivity index (χ0n) is 15.6. The van der Waals surface area contributed by atoms with E-state index in [-0.39, 0.29) is 0 Å². The topological polar surface area (TPSA) is 12.5 Å². The van der Waals surface area contributed by atoms with Crippen molar-refractivity contribution >= 4 is 8.07 Å². The van der Waals surface area contributed by atoms with Crippen molar-refractivity contribution in [3.05, 3.63) is 53.1 Å². The molecule has 0 unspecified atom stereocenters. The Morgan fingerprint density at radius 3 is 2.50 bits per heavy atom. The summed E-state index contributed by atoms with van der Waals surface area (Å²) in [6.07, 6.45) is 1.10. The van der Waals surface area contributed by atoms with Crippen molar-refractivity contribution < 1.29 is 4.74 Å². The van der Waals surface area contributed by atoms with Crippen LogP contribution in [0.4, 0.5) is 0 Å². The third kappa shape index (κ3) is 3.73. The first kappa shape index (κ1) is 17.2. The average molecular weight is 340 g/mol. The summed E-state index contributed by atoms with van der Waals surface area (Å²) in [6, 6.07) is 14.7. The van der Waals surface area contributed by atoms with E-state index in [1.54, 1.807) is 7.11 Å². The molecule has 0 aliphatic carbocycles. The molecule has 0 aromatic heterocycles. The fraction of sp³-hybridized carbons (Fsp3) is 0.429. The first-order chi connectivity index (χ1) is 11.4. The minimum atomic E-state index is -1.20. The van der Waals surface area contributed by atoms with Gasteiger partial charge in [-0.05, 0) is 53.4 Å². The normalized spacial score (nSPS) is 15.2. The molecule has 3 rings (SSSR count). The number of hydrogen-bond acceptors (Lipinski definition) is 2. The molecular formula is C21H29NOSi. The average Bonchev–Trinajstić information content (AvgIpc) is 2.51. The zero-order valence-corrected chi connectivity index (χ0v) is 16.6. The summed E-state index contributed by atoms with van der Waals surface area (Å²) >= 11 is 0. The molecule has 0 atom stereocenters. The van der Waals surface area contributed by atoms with Gasteiger partial charge in [0.1, 0.15) is 5.75 Å². The highest BCUT2D eigenvalue weighted by Crippen LogP contribution is 2.36. The molecule has 128 valence electrons. The van der Waals surface area contributed by atoms with E-state index in [1.165, 1.54) is 27.8 Å². The molecule has 2 aromatic carbocycles. The predicted molar refractivity (Wildman–Crippen MR) is 106 cm³/mol. The van der Waals surface area contributed by atoms with Crippen LogP contribution in [0.5, 0.6) is 5.75 Å². The minimum absolute atomic E-state index is 1.01. The van der Waals surface area contributed by atoms with Gasteiger partial charge >= 0.3 is 0 Å². The summed E-state index contributed by atoms with van der Waals surface area (Å²) in [7, 11) is 2.83. The summed E-state index contributed by atoms with van der Waals surface area (Å²) in [5.74, 6) is 1.05. The summed E-state index contributed by atoms with van der Waals surface area (Å²) in [5.41, 5.74) is 6.96. The molecule has 0 bridgehead atoms. The van der Waals surface area contributed by atoms with Gasteiger partial charge in [-0.15, -0.1) is 0 Å². The number of likely N-dealkylation sites (N-methyl/N-ethyl adjacent to an activating group) is 1. The fourth-order valence-corrected chi connectivity index (χ4v) is 5.06. The summed E-state index contributed by atoms with van der Waals surface area (Å²) in [5, 5.41) is 0. The Balaban J connectivity index is 2.17. The van der Waals surface area contributed by atoms with E-state index in [1.807, 2.05) is 0 Å². The lowest BCUT2D eigenvalue weighted by Crippen LogP contribution is -2.26. The van der Waals surface area contributed by atoms with E-state index >= 15 is 0 Å². The van der Waals surface area contributed by atoms with E-state index in [2.05, 4.69) is 68.0 Å². The highest BCUT2D eigenvalue weighted by atomic mass is 28.3. The van der Waals surface area contributed by atoms with Crippen LogP contribution in [0, 0.1) is 0 Å². The Morgan fingerprint density at radius 2 is 1.79 bits per heavy atom. The maximum atomic E-state index is 5.78. The van der Waals surface area contributed by atoms with Crippen molar-refractivity contribution in [2.24, 2.45) is 0 Å². The third-order valence-electron chi connectivity index (χ3n) is 4.74. The molecule has 2 aromatic rings. The van der Waals surface area contributed by atoms with Gasteiger partial charge in [0.05, 0.1) is 7.11 Å². The standard InChI is InChI=1S/C21H29NOSi/c1-22-11-10-16-8-6-7-9-19(16)20-13-21(23-2)18(12-17(20)14-22)15-24(3,4)5/h6-9,12-13H,10-11,14-15H2,1-5H3. The van der Waals surface area contributed by atoms with Crippen LogP contribution in [0.15, 0.2) is 36.4 Å². The summed E-state index contributed by atoms with van der Waals surface area (Å²) in [6.45, 7) is 9.37. The molecule has 0 amide bonds. The smallest absolute Gasteiger partial charge is 0.122 e. The zero-order chi connectivity index (χ0) is 17.3. The number of methoxy groups -OCH3 is 1. The second kappa shape index (κ2) is 6.73. The van der Waals surface area contributed by atoms with Gasteiger partial charge < -0.3 is 9.64 Å². The second-order valence-electron chi connectivity index (χ2n) is 8.20. The van der Waals surface area contributed by atoms with Crippen molar-refractivity contribution in [3.8, 4) is 16.9 Å².